The lowest BCUT2D eigenvalue weighted by Crippen LogP contribution is -2.42. The first-order valence-corrected chi connectivity index (χ1v) is 9.57. The Hall–Kier alpha value is -1.21. The van der Waals surface area contributed by atoms with Gasteiger partial charge in [0.15, 0.2) is 0 Å². The van der Waals surface area contributed by atoms with Crippen LogP contribution in [0.3, 0.4) is 0 Å². The molecule has 23 heavy (non-hydrogen) atoms. The van der Waals surface area contributed by atoms with Gasteiger partial charge in [0.2, 0.25) is 6.33 Å². The smallest absolute Gasteiger partial charge is 0.243 e. The summed E-state index contributed by atoms with van der Waals surface area (Å²) in [6.45, 7) is 7.02. The number of ketones is 1. The van der Waals surface area contributed by atoms with Crippen molar-refractivity contribution in [2.75, 3.05) is 5.75 Å². The minimum absolute atomic E-state index is 0.0248. The number of carbonyl (C=O) groups excluding carboxylic acids is 1. The van der Waals surface area contributed by atoms with Crippen molar-refractivity contribution < 1.29 is 22.3 Å². The van der Waals surface area contributed by atoms with E-state index in [1.807, 2.05) is 31.7 Å². The Kier molecular flexibility index (Phi) is 4.74. The molecule has 6 nitrogen and oxygen atoms in total. The van der Waals surface area contributed by atoms with E-state index in [-0.39, 0.29) is 17.1 Å². The number of carbonyl (C=O) groups is 1. The molecule has 2 fully saturated rings. The zero-order chi connectivity index (χ0) is 17.5. The van der Waals surface area contributed by atoms with Crippen molar-refractivity contribution in [3.8, 4) is 0 Å². The summed E-state index contributed by atoms with van der Waals surface area (Å²) in [5.41, 5.74) is -1.22. The third-order valence-corrected chi connectivity index (χ3v) is 6.60. The number of aryl methyl sites for hydroxylation is 2. The van der Waals surface area contributed by atoms with Crippen LogP contribution >= 0.6 is 0 Å². The zero-order valence-electron chi connectivity index (χ0n) is 14.3. The molecule has 0 radical (unpaired) electrons. The highest BCUT2D eigenvalue weighted by Crippen LogP contribution is 2.64. The average molecular weight is 342 g/mol. The first-order chi connectivity index (χ1) is 10.5. The van der Waals surface area contributed by atoms with Crippen molar-refractivity contribution in [3.63, 3.8) is 0 Å². The quantitative estimate of drug-likeness (QED) is 0.611. The van der Waals surface area contributed by atoms with Crippen molar-refractivity contribution in [1.29, 1.82) is 0 Å². The maximum Gasteiger partial charge on any atom is 0.243 e. The van der Waals surface area contributed by atoms with Crippen LogP contribution in [-0.4, -0.2) is 29.1 Å². The van der Waals surface area contributed by atoms with E-state index >= 15 is 0 Å². The van der Waals surface area contributed by atoms with Crippen LogP contribution in [-0.2, 0) is 28.5 Å². The van der Waals surface area contributed by atoms with Gasteiger partial charge in [0.05, 0.1) is 29.5 Å². The molecular weight excluding hydrogens is 316 g/mol. The number of Topliss-reactive ketones (excluding diaryl/α,β-unsaturated/α-hetero) is 1. The van der Waals surface area contributed by atoms with Crippen molar-refractivity contribution in [2.45, 2.75) is 46.6 Å². The molecule has 1 aromatic heterocycles. The Morgan fingerprint density at radius 1 is 1.43 bits per heavy atom. The van der Waals surface area contributed by atoms with Gasteiger partial charge in [0, 0.05) is 11.8 Å². The Morgan fingerprint density at radius 3 is 2.39 bits per heavy atom. The van der Waals surface area contributed by atoms with Gasteiger partial charge in [-0.15, -0.1) is 0 Å². The normalized spacial score (nSPS) is 28.6. The molecule has 7 heteroatoms. The van der Waals surface area contributed by atoms with Gasteiger partial charge in [-0.05, 0) is 31.1 Å². The molecule has 130 valence electrons. The van der Waals surface area contributed by atoms with Crippen molar-refractivity contribution in [1.82, 2.24) is 4.57 Å². The molecule has 2 atom stereocenters. The van der Waals surface area contributed by atoms with Gasteiger partial charge >= 0.3 is 0 Å². The summed E-state index contributed by atoms with van der Waals surface area (Å²) in [5, 5.41) is 0. The van der Waals surface area contributed by atoms with Crippen LogP contribution < -0.4 is 4.57 Å². The van der Waals surface area contributed by atoms with E-state index in [9.17, 15) is 17.8 Å². The molecule has 1 heterocycles. The number of nitrogens with zero attached hydrogens (tertiary/aromatic N) is 2. The van der Waals surface area contributed by atoms with Crippen LogP contribution in [0.5, 0.6) is 0 Å². The molecule has 2 unspecified atom stereocenters. The van der Waals surface area contributed by atoms with Gasteiger partial charge in [-0.25, -0.2) is 17.6 Å². The zero-order valence-corrected chi connectivity index (χ0v) is 15.1. The van der Waals surface area contributed by atoms with E-state index in [2.05, 4.69) is 24.0 Å². The Morgan fingerprint density at radius 2 is 2.09 bits per heavy atom. The van der Waals surface area contributed by atoms with Gasteiger partial charge in [-0.2, -0.15) is 0 Å². The van der Waals surface area contributed by atoms with Crippen LogP contribution in [0.2, 0.25) is 0 Å². The number of imidazole rings is 1. The molecule has 2 saturated carbocycles. The highest BCUT2D eigenvalue weighted by atomic mass is 32.2. The van der Waals surface area contributed by atoms with Gasteiger partial charge in [-0.3, -0.25) is 4.79 Å². The monoisotopic (exact) mass is 342 g/mol. The van der Waals surface area contributed by atoms with Crippen LogP contribution in [0.15, 0.2) is 18.7 Å². The largest absolute Gasteiger partial charge is 0.748 e. The molecule has 0 aromatic carbocycles. The Labute approximate surface area is 138 Å². The fourth-order valence-electron chi connectivity index (χ4n) is 4.10. The average Bonchev–Trinajstić information content (AvgIpc) is 2.99. The van der Waals surface area contributed by atoms with Gasteiger partial charge in [-0.1, -0.05) is 13.8 Å². The van der Waals surface area contributed by atoms with E-state index in [1.54, 1.807) is 0 Å². The number of rotatable bonds is 3. The number of fused-ring (bicyclic) bond motifs is 2. The first kappa shape index (κ1) is 18.1. The number of aromatic nitrogens is 2. The predicted molar refractivity (Wildman–Crippen MR) is 84.4 cm³/mol. The minimum atomic E-state index is -4.33. The van der Waals surface area contributed by atoms with E-state index < -0.39 is 21.3 Å². The van der Waals surface area contributed by atoms with Gasteiger partial charge < -0.3 is 4.55 Å². The second-order valence-electron chi connectivity index (χ2n) is 7.28. The number of hydrogen-bond donors (Lipinski definition) is 0. The number of hydrogen-bond acceptors (Lipinski definition) is 4. The van der Waals surface area contributed by atoms with Crippen LogP contribution in [0, 0.1) is 16.7 Å². The topological polar surface area (TPSA) is 83.1 Å². The predicted octanol–water partition coefficient (Wildman–Crippen LogP) is 1.26. The first-order valence-electron chi connectivity index (χ1n) is 8.00. The highest BCUT2D eigenvalue weighted by Gasteiger charge is 2.64. The summed E-state index contributed by atoms with van der Waals surface area (Å²) in [4.78, 5) is 11.8. The molecule has 1 aromatic rings. The van der Waals surface area contributed by atoms with E-state index in [0.29, 0.717) is 12.8 Å². The SMILES string of the molecule is CC1(C)C2CCC1(CS(=O)(=O)[O-])C(=O)C2.CCn1cc[n+](C)c1. The van der Waals surface area contributed by atoms with Crippen LogP contribution in [0.1, 0.15) is 40.0 Å². The van der Waals surface area contributed by atoms with E-state index in [1.165, 1.54) is 0 Å². The molecule has 0 amide bonds. The van der Waals surface area contributed by atoms with Gasteiger partial charge in [0.1, 0.15) is 18.2 Å². The Balaban J connectivity index is 0.000000203. The molecule has 2 bridgehead atoms. The molecule has 0 aliphatic heterocycles. The maximum absolute atomic E-state index is 11.8. The molecule has 0 saturated heterocycles. The highest BCUT2D eigenvalue weighted by molar-refractivity contribution is 7.85. The molecule has 2 aliphatic rings. The fourth-order valence-corrected chi connectivity index (χ4v) is 5.38. The summed E-state index contributed by atoms with van der Waals surface area (Å²) in [6, 6.07) is 0. The van der Waals surface area contributed by atoms with Crippen molar-refractivity contribution in [3.05, 3.63) is 18.7 Å². The fraction of sp³-hybridized carbons (Fsp3) is 0.750. The third-order valence-electron chi connectivity index (χ3n) is 5.75. The minimum Gasteiger partial charge on any atom is -0.748 e. The van der Waals surface area contributed by atoms with Gasteiger partial charge in [0.25, 0.3) is 0 Å². The summed E-state index contributed by atoms with van der Waals surface area (Å²) >= 11 is 0. The van der Waals surface area contributed by atoms with E-state index in [0.717, 1.165) is 13.0 Å². The summed E-state index contributed by atoms with van der Waals surface area (Å²) in [6.07, 6.45) is 8.02. The second-order valence-corrected chi connectivity index (χ2v) is 8.68. The lowest BCUT2D eigenvalue weighted by atomic mass is 9.70. The molecule has 3 rings (SSSR count). The summed E-state index contributed by atoms with van der Waals surface area (Å²) in [5.74, 6) is -0.280. The molecular formula is C16H26N2O4S. The standard InChI is InChI=1S/C10H16O4S.C6H11N2/c1-9(2)7-3-4-10(9,8(11)5-7)6-15(12,13)14;1-3-8-5-4-7(2)6-8/h7H,3-6H2,1-2H3,(H,12,13,14);4-6H,3H2,1-2H3/q;+1/p-1. The van der Waals surface area contributed by atoms with Crippen LogP contribution in [0.4, 0.5) is 0 Å². The summed E-state index contributed by atoms with van der Waals surface area (Å²) < 4.78 is 36.8. The second kappa shape index (κ2) is 6.02. The summed E-state index contributed by atoms with van der Waals surface area (Å²) in [7, 11) is -2.31. The maximum atomic E-state index is 11.8. The Bertz CT molecular complexity index is 693. The molecule has 0 N–H and O–H groups in total. The van der Waals surface area contributed by atoms with E-state index in [4.69, 9.17) is 0 Å². The molecule has 2 aliphatic carbocycles. The lowest BCUT2D eigenvalue weighted by Gasteiger charge is -2.37. The van der Waals surface area contributed by atoms with Crippen molar-refractivity contribution >= 4 is 15.9 Å². The molecule has 0 spiro atoms. The third kappa shape index (κ3) is 3.35. The lowest BCUT2D eigenvalue weighted by molar-refractivity contribution is -0.671. The van der Waals surface area contributed by atoms with Crippen molar-refractivity contribution in [2.24, 2.45) is 23.8 Å². The van der Waals surface area contributed by atoms with Crippen LogP contribution in [0.25, 0.3) is 0 Å².